The van der Waals surface area contributed by atoms with Crippen LogP contribution in [0, 0.1) is 11.8 Å². The molecule has 0 aromatic heterocycles. The minimum Gasteiger partial charge on any atom is -0.481 e. The molecule has 1 aliphatic rings. The molecule has 2 atom stereocenters. The second-order valence-electron chi connectivity index (χ2n) is 4.79. The van der Waals surface area contributed by atoms with Gasteiger partial charge in [-0.1, -0.05) is 6.42 Å². The molecule has 2 N–H and O–H groups in total. The summed E-state index contributed by atoms with van der Waals surface area (Å²) in [5, 5.41) is 11.8. The SMILES string of the molecule is COCCOCCNC(=O)C1CCCC(C(=O)O)C1. The number of ether oxygens (including phenoxy) is 2. The Morgan fingerprint density at radius 2 is 1.95 bits per heavy atom. The van der Waals surface area contributed by atoms with Crippen molar-refractivity contribution in [2.45, 2.75) is 25.7 Å². The summed E-state index contributed by atoms with van der Waals surface area (Å²) in [5.41, 5.74) is 0. The van der Waals surface area contributed by atoms with Crippen LogP contribution in [0.4, 0.5) is 0 Å². The van der Waals surface area contributed by atoms with Crippen LogP contribution in [0.25, 0.3) is 0 Å². The number of rotatable bonds is 8. The smallest absolute Gasteiger partial charge is 0.306 e. The Morgan fingerprint density at radius 3 is 2.63 bits per heavy atom. The lowest BCUT2D eigenvalue weighted by molar-refractivity contribution is -0.144. The molecule has 6 nitrogen and oxygen atoms in total. The van der Waals surface area contributed by atoms with E-state index in [9.17, 15) is 9.59 Å². The highest BCUT2D eigenvalue weighted by Crippen LogP contribution is 2.29. The summed E-state index contributed by atoms with van der Waals surface area (Å²) in [6, 6.07) is 0. The standard InChI is InChI=1S/C13H23NO5/c1-18-7-8-19-6-5-14-12(15)10-3-2-4-11(9-10)13(16)17/h10-11H,2-9H2,1H3,(H,14,15)(H,16,17). The second-order valence-corrected chi connectivity index (χ2v) is 4.79. The van der Waals surface area contributed by atoms with Crippen molar-refractivity contribution >= 4 is 11.9 Å². The Bertz CT molecular complexity index is 295. The molecule has 0 aliphatic heterocycles. The third kappa shape index (κ3) is 6.02. The lowest BCUT2D eigenvalue weighted by Crippen LogP contribution is -2.37. The van der Waals surface area contributed by atoms with Gasteiger partial charge in [-0.2, -0.15) is 0 Å². The van der Waals surface area contributed by atoms with Crippen LogP contribution in [0.3, 0.4) is 0 Å². The molecule has 0 aromatic carbocycles. The molecule has 6 heteroatoms. The molecule has 0 radical (unpaired) electrons. The molecule has 1 rings (SSSR count). The molecule has 19 heavy (non-hydrogen) atoms. The second kappa shape index (κ2) is 8.87. The van der Waals surface area contributed by atoms with Gasteiger partial charge in [0, 0.05) is 19.6 Å². The Morgan fingerprint density at radius 1 is 1.21 bits per heavy atom. The van der Waals surface area contributed by atoms with Crippen molar-refractivity contribution in [3.05, 3.63) is 0 Å². The van der Waals surface area contributed by atoms with E-state index in [2.05, 4.69) is 5.32 Å². The summed E-state index contributed by atoms with van der Waals surface area (Å²) in [6.07, 6.45) is 2.71. The van der Waals surface area contributed by atoms with Crippen molar-refractivity contribution in [2.75, 3.05) is 33.5 Å². The van der Waals surface area contributed by atoms with E-state index in [1.807, 2.05) is 0 Å². The van der Waals surface area contributed by atoms with Crippen molar-refractivity contribution in [3.63, 3.8) is 0 Å². The quantitative estimate of drug-likeness (QED) is 0.634. The van der Waals surface area contributed by atoms with E-state index in [4.69, 9.17) is 14.6 Å². The molecule has 0 spiro atoms. The van der Waals surface area contributed by atoms with Crippen LogP contribution in [0.2, 0.25) is 0 Å². The van der Waals surface area contributed by atoms with Gasteiger partial charge in [0.15, 0.2) is 0 Å². The number of carbonyl (C=O) groups excluding carboxylic acids is 1. The number of carboxylic acid groups (broad SMARTS) is 1. The van der Waals surface area contributed by atoms with Crippen molar-refractivity contribution in [1.82, 2.24) is 5.32 Å². The van der Waals surface area contributed by atoms with Gasteiger partial charge in [0.05, 0.1) is 25.7 Å². The third-order valence-corrected chi connectivity index (χ3v) is 3.37. The maximum atomic E-state index is 11.9. The number of carboxylic acids is 1. The van der Waals surface area contributed by atoms with Gasteiger partial charge in [0.2, 0.25) is 5.91 Å². The molecule has 2 unspecified atom stereocenters. The maximum Gasteiger partial charge on any atom is 0.306 e. The van der Waals surface area contributed by atoms with Crippen LogP contribution in [0.1, 0.15) is 25.7 Å². The molecule has 0 aromatic rings. The van der Waals surface area contributed by atoms with Crippen LogP contribution in [-0.2, 0) is 19.1 Å². The fraction of sp³-hybridized carbons (Fsp3) is 0.846. The fourth-order valence-electron chi connectivity index (χ4n) is 2.29. The third-order valence-electron chi connectivity index (χ3n) is 3.37. The summed E-state index contributed by atoms with van der Waals surface area (Å²) in [7, 11) is 1.60. The molecule has 1 aliphatic carbocycles. The number of carbonyl (C=O) groups is 2. The monoisotopic (exact) mass is 273 g/mol. The van der Waals surface area contributed by atoms with Gasteiger partial charge in [0.25, 0.3) is 0 Å². The summed E-state index contributed by atoms with van der Waals surface area (Å²) >= 11 is 0. The number of hydrogen-bond acceptors (Lipinski definition) is 4. The highest BCUT2D eigenvalue weighted by Gasteiger charge is 2.30. The number of nitrogens with one attached hydrogen (secondary N) is 1. The van der Waals surface area contributed by atoms with Gasteiger partial charge in [-0.3, -0.25) is 9.59 Å². The van der Waals surface area contributed by atoms with Gasteiger partial charge in [-0.15, -0.1) is 0 Å². The largest absolute Gasteiger partial charge is 0.481 e. The first-order valence-electron chi connectivity index (χ1n) is 6.72. The van der Waals surface area contributed by atoms with E-state index in [1.165, 1.54) is 0 Å². The molecule has 1 fully saturated rings. The summed E-state index contributed by atoms with van der Waals surface area (Å²) < 4.78 is 10.1. The summed E-state index contributed by atoms with van der Waals surface area (Å²) in [4.78, 5) is 22.8. The minimum absolute atomic E-state index is 0.0544. The lowest BCUT2D eigenvalue weighted by atomic mass is 9.81. The first-order chi connectivity index (χ1) is 9.15. The topological polar surface area (TPSA) is 84.9 Å². The molecule has 110 valence electrons. The van der Waals surface area contributed by atoms with E-state index < -0.39 is 5.97 Å². The van der Waals surface area contributed by atoms with E-state index in [0.29, 0.717) is 39.2 Å². The molecule has 1 saturated carbocycles. The number of hydrogen-bond donors (Lipinski definition) is 2. The Kier molecular flexibility index (Phi) is 7.43. The van der Waals surface area contributed by atoms with E-state index >= 15 is 0 Å². The minimum atomic E-state index is -0.791. The zero-order valence-electron chi connectivity index (χ0n) is 11.4. The Balaban J connectivity index is 2.16. The normalized spacial score (nSPS) is 23.0. The number of methoxy groups -OCH3 is 1. The highest BCUT2D eigenvalue weighted by molar-refractivity contribution is 5.80. The summed E-state index contributed by atoms with van der Waals surface area (Å²) in [5.74, 6) is -1.39. The van der Waals surface area contributed by atoms with Crippen LogP contribution >= 0.6 is 0 Å². The zero-order valence-corrected chi connectivity index (χ0v) is 11.4. The average molecular weight is 273 g/mol. The van der Waals surface area contributed by atoms with E-state index in [-0.39, 0.29) is 17.7 Å². The Labute approximate surface area is 113 Å². The van der Waals surface area contributed by atoms with Gasteiger partial charge < -0.3 is 19.9 Å². The first-order valence-corrected chi connectivity index (χ1v) is 6.72. The molecular weight excluding hydrogens is 250 g/mol. The Hall–Kier alpha value is -1.14. The predicted octanol–water partition coefficient (Wildman–Crippen LogP) is 0.657. The zero-order chi connectivity index (χ0) is 14.1. The van der Waals surface area contributed by atoms with Crippen molar-refractivity contribution in [1.29, 1.82) is 0 Å². The maximum absolute atomic E-state index is 11.9. The number of aliphatic carboxylic acids is 1. The molecule has 0 bridgehead atoms. The van der Waals surface area contributed by atoms with Gasteiger partial charge in [0.1, 0.15) is 0 Å². The van der Waals surface area contributed by atoms with Gasteiger partial charge in [-0.05, 0) is 19.3 Å². The summed E-state index contributed by atoms with van der Waals surface area (Å²) in [6.45, 7) is 1.95. The van der Waals surface area contributed by atoms with Crippen LogP contribution in [0.15, 0.2) is 0 Å². The van der Waals surface area contributed by atoms with Crippen molar-refractivity contribution in [2.24, 2.45) is 11.8 Å². The molecule has 1 amide bonds. The predicted molar refractivity (Wildman–Crippen MR) is 68.8 cm³/mol. The van der Waals surface area contributed by atoms with Gasteiger partial charge >= 0.3 is 5.97 Å². The average Bonchev–Trinajstić information content (AvgIpc) is 2.42. The highest BCUT2D eigenvalue weighted by atomic mass is 16.5. The molecular formula is C13H23NO5. The van der Waals surface area contributed by atoms with Crippen LogP contribution < -0.4 is 5.32 Å². The van der Waals surface area contributed by atoms with Crippen LogP contribution in [0.5, 0.6) is 0 Å². The van der Waals surface area contributed by atoms with E-state index in [0.717, 1.165) is 12.8 Å². The lowest BCUT2D eigenvalue weighted by Gasteiger charge is -2.25. The first kappa shape index (κ1) is 15.9. The van der Waals surface area contributed by atoms with Crippen molar-refractivity contribution < 1.29 is 24.2 Å². The molecule has 0 saturated heterocycles. The fourth-order valence-corrected chi connectivity index (χ4v) is 2.29. The van der Waals surface area contributed by atoms with Gasteiger partial charge in [-0.25, -0.2) is 0 Å². The number of amides is 1. The van der Waals surface area contributed by atoms with Crippen molar-refractivity contribution in [3.8, 4) is 0 Å². The van der Waals surface area contributed by atoms with E-state index in [1.54, 1.807) is 7.11 Å². The molecule has 0 heterocycles. The van der Waals surface area contributed by atoms with Crippen LogP contribution in [-0.4, -0.2) is 50.5 Å².